The molecule has 1 aliphatic rings. The van der Waals surface area contributed by atoms with Crippen molar-refractivity contribution in [1.29, 1.82) is 0 Å². The maximum absolute atomic E-state index is 12.4. The van der Waals surface area contributed by atoms with Crippen LogP contribution in [0.3, 0.4) is 0 Å². The van der Waals surface area contributed by atoms with Gasteiger partial charge in [0.05, 0.1) is 24.7 Å². The lowest BCUT2D eigenvalue weighted by Crippen LogP contribution is -2.46. The number of hydrogen-bond acceptors (Lipinski definition) is 4. The van der Waals surface area contributed by atoms with Crippen LogP contribution in [0.5, 0.6) is 0 Å². The van der Waals surface area contributed by atoms with Gasteiger partial charge in [-0.25, -0.2) is 0 Å². The van der Waals surface area contributed by atoms with Crippen LogP contribution in [0, 0.1) is 5.41 Å². The number of amides is 1. The lowest BCUT2D eigenvalue weighted by molar-refractivity contribution is -0.128. The van der Waals surface area contributed by atoms with Gasteiger partial charge in [0.25, 0.3) is 0 Å². The Morgan fingerprint density at radius 1 is 1.28 bits per heavy atom. The highest BCUT2D eigenvalue weighted by Crippen LogP contribution is 2.24. The van der Waals surface area contributed by atoms with Gasteiger partial charge in [-0.1, -0.05) is 12.1 Å². The van der Waals surface area contributed by atoms with Crippen LogP contribution >= 0.6 is 11.6 Å². The number of carbonyl (C=O) groups excluding carboxylic acids is 1. The fourth-order valence-electron chi connectivity index (χ4n) is 2.83. The Kier molecular flexibility index (Phi) is 7.11. The number of alkyl halides is 1. The number of nitrogens with one attached hydrogen (secondary N) is 1. The Bertz CT molecular complexity index is 554. The molecule has 1 saturated heterocycles. The van der Waals surface area contributed by atoms with E-state index < -0.39 is 5.41 Å². The predicted octanol–water partition coefficient (Wildman–Crippen LogP) is 2.51. The van der Waals surface area contributed by atoms with Crippen molar-refractivity contribution >= 4 is 23.2 Å². The maximum Gasteiger partial charge on any atom is 0.226 e. The highest BCUT2D eigenvalue weighted by Gasteiger charge is 2.29. The Balaban J connectivity index is 2.14. The molecule has 0 aromatic heterocycles. The Labute approximate surface area is 156 Å². The molecule has 2 rings (SSSR count). The number of carbonyl (C=O) groups is 1. The Hall–Kier alpha value is -1.30. The predicted molar refractivity (Wildman–Crippen MR) is 103 cm³/mol. The van der Waals surface area contributed by atoms with Gasteiger partial charge >= 0.3 is 0 Å². The standard InChI is InChI=1S/C19H30ClN3O2/c1-19(2,14-20)18(24)21-13-17(23-9-11-25-12-10-23)15-5-7-16(8-6-15)22(3)4/h5-8,17H,9-14H2,1-4H3,(H,21,24)/t17-/m1/s1. The first kappa shape index (κ1) is 20.0. The number of morpholine rings is 1. The van der Waals surface area contributed by atoms with E-state index in [1.165, 1.54) is 5.56 Å². The molecule has 1 aromatic carbocycles. The second kappa shape index (κ2) is 8.88. The summed E-state index contributed by atoms with van der Waals surface area (Å²) in [4.78, 5) is 16.9. The van der Waals surface area contributed by atoms with Crippen LogP contribution in [0.2, 0.25) is 0 Å². The average Bonchev–Trinajstić information content (AvgIpc) is 2.63. The summed E-state index contributed by atoms with van der Waals surface area (Å²) >= 11 is 5.92. The molecule has 1 atom stereocenters. The molecular formula is C19H30ClN3O2. The first-order valence-electron chi connectivity index (χ1n) is 8.78. The van der Waals surface area contributed by atoms with Gasteiger partial charge in [-0.05, 0) is 31.5 Å². The van der Waals surface area contributed by atoms with Gasteiger partial charge in [0, 0.05) is 45.3 Å². The van der Waals surface area contributed by atoms with E-state index in [0.29, 0.717) is 12.4 Å². The van der Waals surface area contributed by atoms with Crippen molar-refractivity contribution in [2.24, 2.45) is 5.41 Å². The lowest BCUT2D eigenvalue weighted by atomic mass is 9.95. The van der Waals surface area contributed by atoms with Gasteiger partial charge in [-0.3, -0.25) is 9.69 Å². The zero-order valence-electron chi connectivity index (χ0n) is 15.7. The monoisotopic (exact) mass is 367 g/mol. The minimum Gasteiger partial charge on any atom is -0.379 e. The smallest absolute Gasteiger partial charge is 0.226 e. The summed E-state index contributed by atoms with van der Waals surface area (Å²) in [5, 5.41) is 3.09. The van der Waals surface area contributed by atoms with Crippen LogP contribution in [0.4, 0.5) is 5.69 Å². The van der Waals surface area contributed by atoms with Crippen molar-refractivity contribution in [2.45, 2.75) is 19.9 Å². The summed E-state index contributed by atoms with van der Waals surface area (Å²) in [7, 11) is 4.06. The molecule has 0 unspecified atom stereocenters. The molecule has 1 fully saturated rings. The molecule has 1 aliphatic heterocycles. The zero-order valence-corrected chi connectivity index (χ0v) is 16.5. The first-order chi connectivity index (χ1) is 11.8. The lowest BCUT2D eigenvalue weighted by Gasteiger charge is -2.35. The number of ether oxygens (including phenoxy) is 1. The van der Waals surface area contributed by atoms with Crippen molar-refractivity contribution in [2.75, 3.05) is 57.7 Å². The molecule has 1 N–H and O–H groups in total. The SMILES string of the molecule is CN(C)c1ccc([C@@H](CNC(=O)C(C)(C)CCl)N2CCOCC2)cc1. The molecule has 5 nitrogen and oxygen atoms in total. The molecule has 1 heterocycles. The third-order valence-electron chi connectivity index (χ3n) is 4.69. The summed E-state index contributed by atoms with van der Waals surface area (Å²) < 4.78 is 5.48. The summed E-state index contributed by atoms with van der Waals surface area (Å²) in [5.74, 6) is 0.296. The highest BCUT2D eigenvalue weighted by molar-refractivity contribution is 6.19. The largest absolute Gasteiger partial charge is 0.379 e. The highest BCUT2D eigenvalue weighted by atomic mass is 35.5. The number of rotatable bonds is 7. The third kappa shape index (κ3) is 5.33. The van der Waals surface area contributed by atoms with E-state index >= 15 is 0 Å². The van der Waals surface area contributed by atoms with Crippen LogP contribution in [0.25, 0.3) is 0 Å². The number of anilines is 1. The van der Waals surface area contributed by atoms with Crippen molar-refractivity contribution < 1.29 is 9.53 Å². The van der Waals surface area contributed by atoms with Gasteiger partial charge in [0.1, 0.15) is 0 Å². The topological polar surface area (TPSA) is 44.8 Å². The molecule has 25 heavy (non-hydrogen) atoms. The minimum absolute atomic E-state index is 0.00864. The van der Waals surface area contributed by atoms with Crippen LogP contribution in [-0.2, 0) is 9.53 Å². The van der Waals surface area contributed by atoms with E-state index in [4.69, 9.17) is 16.3 Å². The van der Waals surface area contributed by atoms with Gasteiger partial charge in [-0.2, -0.15) is 0 Å². The van der Waals surface area contributed by atoms with E-state index in [2.05, 4.69) is 39.4 Å². The van der Waals surface area contributed by atoms with Crippen LogP contribution in [-0.4, -0.2) is 63.6 Å². The summed E-state index contributed by atoms with van der Waals surface area (Å²) in [6.07, 6.45) is 0. The molecule has 1 amide bonds. The summed E-state index contributed by atoms with van der Waals surface area (Å²) in [5.41, 5.74) is 1.81. The van der Waals surface area contributed by atoms with Crippen LogP contribution in [0.15, 0.2) is 24.3 Å². The number of halogens is 1. The second-order valence-corrected chi connectivity index (χ2v) is 7.64. The number of nitrogens with zero attached hydrogens (tertiary/aromatic N) is 2. The van der Waals surface area contributed by atoms with Gasteiger partial charge < -0.3 is 15.0 Å². The van der Waals surface area contributed by atoms with E-state index in [1.54, 1.807) is 0 Å². The molecule has 0 radical (unpaired) electrons. The van der Waals surface area contributed by atoms with E-state index in [9.17, 15) is 4.79 Å². The van der Waals surface area contributed by atoms with E-state index in [-0.39, 0.29) is 11.9 Å². The second-order valence-electron chi connectivity index (χ2n) is 7.38. The summed E-state index contributed by atoms with van der Waals surface area (Å²) in [6.45, 7) is 7.50. The minimum atomic E-state index is -0.564. The number of hydrogen-bond donors (Lipinski definition) is 1. The quantitative estimate of drug-likeness (QED) is 0.752. The third-order valence-corrected chi connectivity index (χ3v) is 5.35. The fraction of sp³-hybridized carbons (Fsp3) is 0.632. The summed E-state index contributed by atoms with van der Waals surface area (Å²) in [6, 6.07) is 8.67. The molecule has 0 bridgehead atoms. The van der Waals surface area contributed by atoms with E-state index in [1.807, 2.05) is 27.9 Å². The average molecular weight is 368 g/mol. The molecule has 0 aliphatic carbocycles. The van der Waals surface area contributed by atoms with Crippen LogP contribution < -0.4 is 10.2 Å². The van der Waals surface area contributed by atoms with Crippen molar-refractivity contribution in [3.63, 3.8) is 0 Å². The normalized spacial score (nSPS) is 17.2. The molecule has 0 spiro atoms. The van der Waals surface area contributed by atoms with Gasteiger partial charge in [0.15, 0.2) is 0 Å². The molecule has 0 saturated carbocycles. The zero-order chi connectivity index (χ0) is 18.4. The number of benzene rings is 1. The Morgan fingerprint density at radius 2 is 1.88 bits per heavy atom. The maximum atomic E-state index is 12.4. The molecule has 6 heteroatoms. The van der Waals surface area contributed by atoms with Crippen molar-refractivity contribution in [3.8, 4) is 0 Å². The van der Waals surface area contributed by atoms with Gasteiger partial charge in [0.2, 0.25) is 5.91 Å². The molecule has 1 aromatic rings. The van der Waals surface area contributed by atoms with Crippen molar-refractivity contribution in [3.05, 3.63) is 29.8 Å². The van der Waals surface area contributed by atoms with Crippen molar-refractivity contribution in [1.82, 2.24) is 10.2 Å². The van der Waals surface area contributed by atoms with Crippen LogP contribution in [0.1, 0.15) is 25.5 Å². The first-order valence-corrected chi connectivity index (χ1v) is 9.32. The fourth-order valence-corrected chi connectivity index (χ4v) is 2.95. The van der Waals surface area contributed by atoms with E-state index in [0.717, 1.165) is 32.0 Å². The molecule has 140 valence electrons. The Morgan fingerprint density at radius 3 is 2.40 bits per heavy atom. The molecular weight excluding hydrogens is 338 g/mol. The van der Waals surface area contributed by atoms with Gasteiger partial charge in [-0.15, -0.1) is 11.6 Å².